The summed E-state index contributed by atoms with van der Waals surface area (Å²) in [6.45, 7) is 0. The molecule has 0 bridgehead atoms. The van der Waals surface area contributed by atoms with Crippen LogP contribution in [0.15, 0.2) is 89.7 Å². The highest BCUT2D eigenvalue weighted by Gasteiger charge is 2.37. The first-order valence-corrected chi connectivity index (χ1v) is 13.2. The molecule has 2 N–H and O–H groups in total. The van der Waals surface area contributed by atoms with E-state index in [4.69, 9.17) is 15.5 Å². The molecule has 0 amide bonds. The van der Waals surface area contributed by atoms with Gasteiger partial charge in [0.2, 0.25) is 0 Å². The standard InChI is InChI=1S/C29H21N3O3S2/c1-35-29(34)24-22(18-12-6-3-7-13-18)23(26-31-19-14-8-9-15-20(19)36-26)25(30)32-27(33)21(37-28(24)32)16-17-10-4-2-5-11-17/h2-16,22H,30H2,1H3/t22-/m1/s1. The third-order valence-electron chi connectivity index (χ3n) is 6.31. The van der Waals surface area contributed by atoms with Gasteiger partial charge in [-0.3, -0.25) is 9.36 Å². The van der Waals surface area contributed by atoms with Gasteiger partial charge in [0, 0.05) is 5.57 Å². The number of hydrogen-bond donors (Lipinski definition) is 1. The Morgan fingerprint density at radius 1 is 0.973 bits per heavy atom. The molecule has 0 saturated heterocycles. The van der Waals surface area contributed by atoms with Crippen LogP contribution in [0.3, 0.4) is 0 Å². The molecule has 0 aliphatic carbocycles. The molecule has 3 heterocycles. The molecule has 0 radical (unpaired) electrons. The normalized spacial score (nSPS) is 15.8. The fraction of sp³-hybridized carbons (Fsp3) is 0.0690. The summed E-state index contributed by atoms with van der Waals surface area (Å²) >= 11 is 2.72. The number of aromatic nitrogens is 2. The minimum Gasteiger partial charge on any atom is -0.466 e. The first-order valence-electron chi connectivity index (χ1n) is 11.6. The summed E-state index contributed by atoms with van der Waals surface area (Å²) in [5.41, 5.74) is 10.1. The topological polar surface area (TPSA) is 87.2 Å². The Morgan fingerprint density at radius 3 is 2.35 bits per heavy atom. The molecular formula is C29H21N3O3S2. The minimum absolute atomic E-state index is 0.268. The van der Waals surface area contributed by atoms with E-state index < -0.39 is 11.9 Å². The van der Waals surface area contributed by atoms with Crippen molar-refractivity contribution in [3.8, 4) is 0 Å². The highest BCUT2D eigenvalue weighted by atomic mass is 32.1. The number of nitrogens with zero attached hydrogens (tertiary/aromatic N) is 2. The molecule has 6 rings (SSSR count). The third kappa shape index (κ3) is 3.91. The molecule has 0 saturated carbocycles. The number of carbonyl (C=O) groups is 1. The van der Waals surface area contributed by atoms with Crippen molar-refractivity contribution in [2.24, 2.45) is 5.73 Å². The van der Waals surface area contributed by atoms with Crippen molar-refractivity contribution in [2.75, 3.05) is 7.11 Å². The summed E-state index contributed by atoms with van der Waals surface area (Å²) in [6.07, 6.45) is 1.81. The van der Waals surface area contributed by atoms with Crippen molar-refractivity contribution in [2.45, 2.75) is 5.92 Å². The van der Waals surface area contributed by atoms with Crippen LogP contribution in [0.5, 0.6) is 0 Å². The fourth-order valence-electron chi connectivity index (χ4n) is 4.63. The number of thiazole rings is 2. The predicted octanol–water partition coefficient (Wildman–Crippen LogP) is 3.75. The van der Waals surface area contributed by atoms with Crippen molar-refractivity contribution in [1.82, 2.24) is 9.55 Å². The fourth-order valence-corrected chi connectivity index (χ4v) is 6.85. The van der Waals surface area contributed by atoms with Gasteiger partial charge in [-0.1, -0.05) is 72.8 Å². The van der Waals surface area contributed by atoms with Crippen LogP contribution >= 0.6 is 22.7 Å². The Labute approximate surface area is 219 Å². The van der Waals surface area contributed by atoms with E-state index in [1.807, 2.05) is 91.0 Å². The number of carbonyl (C=O) groups excluding carboxylic acids is 1. The van der Waals surface area contributed by atoms with E-state index in [1.54, 1.807) is 0 Å². The lowest BCUT2D eigenvalue weighted by molar-refractivity contribution is -0.134. The number of para-hydroxylation sites is 1. The summed E-state index contributed by atoms with van der Waals surface area (Å²) in [4.78, 5) is 32.0. The molecule has 1 aliphatic rings. The molecule has 0 spiro atoms. The van der Waals surface area contributed by atoms with Crippen LogP contribution < -0.4 is 20.5 Å². The molecule has 1 aliphatic heterocycles. The average molecular weight is 524 g/mol. The Hall–Kier alpha value is -4.27. The third-order valence-corrected chi connectivity index (χ3v) is 8.49. The van der Waals surface area contributed by atoms with Crippen LogP contribution in [0.1, 0.15) is 22.1 Å². The number of methoxy groups -OCH3 is 1. The van der Waals surface area contributed by atoms with Crippen molar-refractivity contribution in [3.63, 3.8) is 0 Å². The molecule has 5 aromatic rings. The van der Waals surface area contributed by atoms with E-state index in [9.17, 15) is 9.59 Å². The van der Waals surface area contributed by atoms with Gasteiger partial charge in [-0.2, -0.15) is 0 Å². The van der Waals surface area contributed by atoms with Crippen LogP contribution in [0.4, 0.5) is 0 Å². The second-order valence-corrected chi connectivity index (χ2v) is 10.6. The number of fused-ring (bicyclic) bond motifs is 2. The van der Waals surface area contributed by atoms with E-state index in [1.165, 1.54) is 34.4 Å². The van der Waals surface area contributed by atoms with Gasteiger partial charge >= 0.3 is 5.97 Å². The van der Waals surface area contributed by atoms with Gasteiger partial charge in [-0.15, -0.1) is 22.7 Å². The minimum atomic E-state index is -0.558. The SMILES string of the molecule is COC(=O)C1=c2sc(=Cc3ccccc3)c(=O)n2C(N)=C(c2nc3ccccc3s2)[C@H]1c1ccccc1. The van der Waals surface area contributed by atoms with E-state index in [0.717, 1.165) is 21.3 Å². The molecule has 3 aromatic carbocycles. The Bertz CT molecular complexity index is 1830. The first kappa shape index (κ1) is 23.1. The highest BCUT2D eigenvalue weighted by Crippen LogP contribution is 2.44. The van der Waals surface area contributed by atoms with Gasteiger partial charge < -0.3 is 10.5 Å². The quantitative estimate of drug-likeness (QED) is 0.363. The second-order valence-electron chi connectivity index (χ2n) is 8.50. The van der Waals surface area contributed by atoms with Crippen LogP contribution in [-0.4, -0.2) is 22.6 Å². The summed E-state index contributed by atoms with van der Waals surface area (Å²) < 4.78 is 8.64. The zero-order valence-corrected chi connectivity index (χ0v) is 21.4. The maximum Gasteiger partial charge on any atom is 0.337 e. The van der Waals surface area contributed by atoms with Crippen LogP contribution in [-0.2, 0) is 9.53 Å². The number of hydrogen-bond acceptors (Lipinski definition) is 7. The van der Waals surface area contributed by atoms with Gasteiger partial charge in [-0.25, -0.2) is 9.78 Å². The summed E-state index contributed by atoms with van der Waals surface area (Å²) in [7, 11) is 1.35. The molecular weight excluding hydrogens is 502 g/mol. The van der Waals surface area contributed by atoms with Crippen LogP contribution in [0.25, 0.3) is 33.3 Å². The molecule has 6 nitrogen and oxygen atoms in total. The molecule has 1 atom stereocenters. The van der Waals surface area contributed by atoms with E-state index in [-0.39, 0.29) is 11.4 Å². The van der Waals surface area contributed by atoms with Crippen molar-refractivity contribution in [3.05, 3.63) is 121 Å². The van der Waals surface area contributed by atoms with Gasteiger partial charge in [-0.05, 0) is 29.3 Å². The highest BCUT2D eigenvalue weighted by molar-refractivity contribution is 7.19. The van der Waals surface area contributed by atoms with Gasteiger partial charge in [0.15, 0.2) is 0 Å². The number of esters is 1. The number of allylic oxidation sites excluding steroid dienone is 1. The molecule has 0 unspecified atom stereocenters. The predicted molar refractivity (Wildman–Crippen MR) is 149 cm³/mol. The average Bonchev–Trinajstić information content (AvgIpc) is 3.50. The first-order chi connectivity index (χ1) is 18.1. The molecule has 2 aromatic heterocycles. The number of benzene rings is 3. The lowest BCUT2D eigenvalue weighted by atomic mass is 9.83. The van der Waals surface area contributed by atoms with Crippen molar-refractivity contribution in [1.29, 1.82) is 0 Å². The van der Waals surface area contributed by atoms with Crippen LogP contribution in [0.2, 0.25) is 0 Å². The maximum absolute atomic E-state index is 13.7. The Balaban J connectivity index is 1.73. The molecule has 0 fully saturated rings. The second kappa shape index (κ2) is 9.31. The van der Waals surface area contributed by atoms with E-state index >= 15 is 0 Å². The number of rotatable bonds is 4. The van der Waals surface area contributed by atoms with Gasteiger partial charge in [0.1, 0.15) is 15.5 Å². The molecule has 37 heavy (non-hydrogen) atoms. The van der Waals surface area contributed by atoms with E-state index in [2.05, 4.69) is 0 Å². The number of ether oxygens (including phenoxy) is 1. The van der Waals surface area contributed by atoms with E-state index in [0.29, 0.717) is 25.3 Å². The largest absolute Gasteiger partial charge is 0.466 e. The monoisotopic (exact) mass is 523 g/mol. The maximum atomic E-state index is 13.7. The van der Waals surface area contributed by atoms with Crippen molar-refractivity contribution < 1.29 is 9.53 Å². The molecule has 182 valence electrons. The Kier molecular flexibility index (Phi) is 5.82. The lowest BCUT2D eigenvalue weighted by Crippen LogP contribution is -2.39. The van der Waals surface area contributed by atoms with Gasteiger partial charge in [0.05, 0.1) is 33.3 Å². The zero-order valence-electron chi connectivity index (χ0n) is 19.8. The smallest absolute Gasteiger partial charge is 0.337 e. The lowest BCUT2D eigenvalue weighted by Gasteiger charge is -2.27. The summed E-state index contributed by atoms with van der Waals surface area (Å²) in [5, 5.41) is 0.659. The van der Waals surface area contributed by atoms with Crippen LogP contribution in [0, 0.1) is 0 Å². The summed E-state index contributed by atoms with van der Waals surface area (Å²) in [5.74, 6) is -0.803. The summed E-state index contributed by atoms with van der Waals surface area (Å²) in [6, 6.07) is 27.1. The zero-order chi connectivity index (χ0) is 25.5. The Morgan fingerprint density at radius 2 is 1.65 bits per heavy atom. The molecule has 8 heteroatoms. The van der Waals surface area contributed by atoms with Gasteiger partial charge in [0.25, 0.3) is 5.56 Å². The van der Waals surface area contributed by atoms with Crippen molar-refractivity contribution >= 4 is 61.9 Å². The number of nitrogens with two attached hydrogens (primary N) is 1.